The van der Waals surface area contributed by atoms with Crippen LogP contribution in [0.3, 0.4) is 0 Å². The minimum atomic E-state index is -0.326. The van der Waals surface area contributed by atoms with Crippen molar-refractivity contribution in [1.29, 1.82) is 0 Å². The summed E-state index contributed by atoms with van der Waals surface area (Å²) in [6.45, 7) is 6.41. The Bertz CT molecular complexity index is 1000. The number of carbonyl (C=O) groups excluding carboxylic acids is 3. The van der Waals surface area contributed by atoms with Gasteiger partial charge in [-0.3, -0.25) is 14.4 Å². The van der Waals surface area contributed by atoms with E-state index in [9.17, 15) is 14.4 Å². The van der Waals surface area contributed by atoms with Crippen molar-refractivity contribution in [3.63, 3.8) is 0 Å². The Morgan fingerprint density at radius 1 is 1.06 bits per heavy atom. The zero-order valence-electron chi connectivity index (χ0n) is 18.8. The van der Waals surface area contributed by atoms with E-state index in [-0.39, 0.29) is 36.0 Å². The van der Waals surface area contributed by atoms with Crippen LogP contribution >= 0.6 is 0 Å². The van der Waals surface area contributed by atoms with Gasteiger partial charge in [-0.25, -0.2) is 0 Å². The first-order valence-electron chi connectivity index (χ1n) is 11.5. The molecule has 2 fully saturated rings. The van der Waals surface area contributed by atoms with Crippen LogP contribution < -0.4 is 5.32 Å². The fraction of sp³-hybridized carbons (Fsp3) is 0.423. The smallest absolute Gasteiger partial charge is 0.228 e. The van der Waals surface area contributed by atoms with Crippen molar-refractivity contribution in [1.82, 2.24) is 15.1 Å². The first-order valence-corrected chi connectivity index (χ1v) is 11.5. The van der Waals surface area contributed by atoms with Crippen LogP contribution in [0.5, 0.6) is 0 Å². The second-order valence-corrected chi connectivity index (χ2v) is 8.83. The average molecular weight is 434 g/mol. The van der Waals surface area contributed by atoms with Gasteiger partial charge in [-0.15, -0.1) is 0 Å². The van der Waals surface area contributed by atoms with E-state index in [0.29, 0.717) is 39.1 Å². The highest BCUT2D eigenvalue weighted by molar-refractivity contribution is 5.90. The van der Waals surface area contributed by atoms with Crippen LogP contribution in [0, 0.1) is 18.8 Å². The summed E-state index contributed by atoms with van der Waals surface area (Å²) in [6.07, 6.45) is 0.829. The van der Waals surface area contributed by atoms with Gasteiger partial charge in [0.1, 0.15) is 0 Å². The standard InChI is InChI=1S/C26H31N3O3/c1-3-28-17-22(15-24(28)30)26(32)29-13-12-27-25(31)21(16-29)14-20-6-4-5-7-23(20)19-10-8-18(2)9-11-19/h4-11,21-22H,3,12-17H2,1-2H3,(H,27,31). The maximum absolute atomic E-state index is 13.2. The van der Waals surface area contributed by atoms with Gasteiger partial charge in [-0.1, -0.05) is 54.1 Å². The van der Waals surface area contributed by atoms with Crippen molar-refractivity contribution in [2.75, 3.05) is 32.7 Å². The van der Waals surface area contributed by atoms with Crippen LogP contribution in [0.15, 0.2) is 48.5 Å². The third-order valence-corrected chi connectivity index (χ3v) is 6.60. The summed E-state index contributed by atoms with van der Waals surface area (Å²) in [7, 11) is 0. The van der Waals surface area contributed by atoms with Crippen LogP contribution in [-0.4, -0.2) is 60.2 Å². The number of rotatable bonds is 5. The number of benzene rings is 2. The topological polar surface area (TPSA) is 69.7 Å². The molecule has 168 valence electrons. The number of hydrogen-bond acceptors (Lipinski definition) is 3. The molecular formula is C26H31N3O3. The number of amides is 3. The maximum atomic E-state index is 13.2. The van der Waals surface area contributed by atoms with Crippen molar-refractivity contribution in [2.45, 2.75) is 26.7 Å². The Labute approximate surface area is 189 Å². The molecule has 2 unspecified atom stereocenters. The van der Waals surface area contributed by atoms with E-state index in [1.165, 1.54) is 5.56 Å². The summed E-state index contributed by atoms with van der Waals surface area (Å²) in [5, 5.41) is 2.98. The first kappa shape index (κ1) is 22.1. The summed E-state index contributed by atoms with van der Waals surface area (Å²) in [6, 6.07) is 16.5. The minimum Gasteiger partial charge on any atom is -0.354 e. The molecule has 2 aliphatic heterocycles. The fourth-order valence-electron chi connectivity index (χ4n) is 4.74. The number of carbonyl (C=O) groups is 3. The molecule has 1 N–H and O–H groups in total. The fourth-order valence-corrected chi connectivity index (χ4v) is 4.74. The molecular weight excluding hydrogens is 402 g/mol. The summed E-state index contributed by atoms with van der Waals surface area (Å²) in [5.41, 5.74) is 4.54. The molecule has 0 radical (unpaired) electrons. The predicted molar refractivity (Wildman–Crippen MR) is 124 cm³/mol. The molecule has 2 aromatic rings. The van der Waals surface area contributed by atoms with E-state index in [0.717, 1.165) is 16.7 Å². The Morgan fingerprint density at radius 2 is 1.81 bits per heavy atom. The van der Waals surface area contributed by atoms with Gasteiger partial charge in [-0.05, 0) is 37.0 Å². The van der Waals surface area contributed by atoms with Crippen molar-refractivity contribution >= 4 is 17.7 Å². The molecule has 2 heterocycles. The van der Waals surface area contributed by atoms with Gasteiger partial charge >= 0.3 is 0 Å². The Hall–Kier alpha value is -3.15. The SMILES string of the molecule is CCN1CC(C(=O)N2CCNC(=O)C(Cc3ccccc3-c3ccc(C)cc3)C2)CC1=O. The molecule has 4 rings (SSSR count). The number of likely N-dealkylation sites (tertiary alicyclic amines) is 1. The zero-order chi connectivity index (χ0) is 22.7. The molecule has 0 bridgehead atoms. The van der Waals surface area contributed by atoms with Crippen LogP contribution in [0.2, 0.25) is 0 Å². The van der Waals surface area contributed by atoms with Gasteiger partial charge < -0.3 is 15.1 Å². The normalized spacial score (nSPS) is 21.4. The highest BCUT2D eigenvalue weighted by atomic mass is 16.2. The Balaban J connectivity index is 1.52. The largest absolute Gasteiger partial charge is 0.354 e. The van der Waals surface area contributed by atoms with Crippen molar-refractivity contribution < 1.29 is 14.4 Å². The van der Waals surface area contributed by atoms with Crippen molar-refractivity contribution in [2.24, 2.45) is 11.8 Å². The number of hydrogen-bond donors (Lipinski definition) is 1. The van der Waals surface area contributed by atoms with Gasteiger partial charge in [0.15, 0.2) is 0 Å². The van der Waals surface area contributed by atoms with Crippen LogP contribution in [-0.2, 0) is 20.8 Å². The average Bonchev–Trinajstić information content (AvgIpc) is 3.08. The molecule has 0 spiro atoms. The molecule has 6 heteroatoms. The summed E-state index contributed by atoms with van der Waals surface area (Å²) >= 11 is 0. The molecule has 2 aromatic carbocycles. The van der Waals surface area contributed by atoms with E-state index in [4.69, 9.17) is 0 Å². The highest BCUT2D eigenvalue weighted by Crippen LogP contribution is 2.27. The molecule has 0 aliphatic carbocycles. The third kappa shape index (κ3) is 4.69. The van der Waals surface area contributed by atoms with E-state index in [2.05, 4.69) is 48.6 Å². The lowest BCUT2D eigenvalue weighted by molar-refractivity contribution is -0.136. The summed E-state index contributed by atoms with van der Waals surface area (Å²) < 4.78 is 0. The second-order valence-electron chi connectivity index (χ2n) is 8.83. The third-order valence-electron chi connectivity index (χ3n) is 6.60. The molecule has 6 nitrogen and oxygen atoms in total. The van der Waals surface area contributed by atoms with Gasteiger partial charge in [0.25, 0.3) is 0 Å². The van der Waals surface area contributed by atoms with Gasteiger partial charge in [-0.2, -0.15) is 0 Å². The van der Waals surface area contributed by atoms with Crippen LogP contribution in [0.25, 0.3) is 11.1 Å². The lowest BCUT2D eigenvalue weighted by Gasteiger charge is -2.26. The minimum absolute atomic E-state index is 0.0115. The molecule has 32 heavy (non-hydrogen) atoms. The predicted octanol–water partition coefficient (Wildman–Crippen LogP) is 2.65. The lowest BCUT2D eigenvalue weighted by atomic mass is 9.91. The second kappa shape index (κ2) is 9.55. The van der Waals surface area contributed by atoms with Gasteiger partial charge in [0.05, 0.1) is 11.8 Å². The van der Waals surface area contributed by atoms with Crippen molar-refractivity contribution in [3.05, 3.63) is 59.7 Å². The lowest BCUT2D eigenvalue weighted by Crippen LogP contribution is -2.41. The Kier molecular flexibility index (Phi) is 6.58. The van der Waals surface area contributed by atoms with Gasteiger partial charge in [0.2, 0.25) is 17.7 Å². The van der Waals surface area contributed by atoms with Gasteiger partial charge in [0, 0.05) is 39.1 Å². The summed E-state index contributed by atoms with van der Waals surface area (Å²) in [5.74, 6) is -0.624. The quantitative estimate of drug-likeness (QED) is 0.788. The van der Waals surface area contributed by atoms with E-state index < -0.39 is 0 Å². The molecule has 2 aliphatic rings. The van der Waals surface area contributed by atoms with E-state index >= 15 is 0 Å². The molecule has 2 atom stereocenters. The number of aryl methyl sites for hydroxylation is 1. The zero-order valence-corrected chi connectivity index (χ0v) is 18.8. The van der Waals surface area contributed by atoms with Crippen LogP contribution in [0.4, 0.5) is 0 Å². The molecule has 0 aromatic heterocycles. The highest BCUT2D eigenvalue weighted by Gasteiger charge is 2.37. The van der Waals surface area contributed by atoms with E-state index in [1.54, 1.807) is 9.80 Å². The number of nitrogens with zero attached hydrogens (tertiary/aromatic N) is 2. The first-order chi connectivity index (χ1) is 15.5. The number of nitrogens with one attached hydrogen (secondary N) is 1. The monoisotopic (exact) mass is 433 g/mol. The molecule has 0 saturated carbocycles. The van der Waals surface area contributed by atoms with Crippen molar-refractivity contribution in [3.8, 4) is 11.1 Å². The maximum Gasteiger partial charge on any atom is 0.228 e. The van der Waals surface area contributed by atoms with E-state index in [1.807, 2.05) is 19.1 Å². The van der Waals surface area contributed by atoms with Crippen LogP contribution in [0.1, 0.15) is 24.5 Å². The summed E-state index contributed by atoms with van der Waals surface area (Å²) in [4.78, 5) is 41.7. The Morgan fingerprint density at radius 3 is 2.53 bits per heavy atom. The molecule has 3 amide bonds. The molecule has 2 saturated heterocycles.